The number of thioether (sulfide) groups is 1. The van der Waals surface area contributed by atoms with E-state index in [0.717, 1.165) is 6.07 Å². The van der Waals surface area contributed by atoms with Gasteiger partial charge in [-0.1, -0.05) is 0 Å². The molecule has 0 aliphatic heterocycles. The predicted molar refractivity (Wildman–Crippen MR) is 74.8 cm³/mol. The van der Waals surface area contributed by atoms with E-state index in [4.69, 9.17) is 0 Å². The molecule has 2 N–H and O–H groups in total. The van der Waals surface area contributed by atoms with Gasteiger partial charge in [0.1, 0.15) is 23.2 Å². The first-order chi connectivity index (χ1) is 8.93. The number of nitrogens with zero attached hydrogens (tertiary/aromatic N) is 1. The number of thiophene rings is 1. The van der Waals surface area contributed by atoms with Gasteiger partial charge in [-0.3, -0.25) is 9.59 Å². The van der Waals surface area contributed by atoms with Crippen LogP contribution in [-0.2, 0) is 4.79 Å². The third-order valence-corrected chi connectivity index (χ3v) is 5.24. The number of hydrogen-bond donors (Lipinski definition) is 2. The molecule has 1 atom stereocenters. The molecular weight excluding hydrogens is 284 g/mol. The highest BCUT2D eigenvalue weighted by molar-refractivity contribution is 8.02. The molecule has 0 saturated heterocycles. The maximum Gasteiger partial charge on any atom is 0.252 e. The van der Waals surface area contributed by atoms with E-state index < -0.39 is 5.56 Å². The van der Waals surface area contributed by atoms with Crippen LogP contribution in [0.1, 0.15) is 19.4 Å². The summed E-state index contributed by atoms with van der Waals surface area (Å²) < 4.78 is 1.08. The van der Waals surface area contributed by atoms with Crippen molar-refractivity contribution in [3.63, 3.8) is 0 Å². The van der Waals surface area contributed by atoms with Crippen LogP contribution in [0, 0.1) is 11.3 Å². The summed E-state index contributed by atoms with van der Waals surface area (Å²) in [5, 5.41) is 18.6. The number of carbonyl (C=O) groups is 1. The summed E-state index contributed by atoms with van der Waals surface area (Å²) in [5.74, 6) is -0.147. The Kier molecular flexibility index (Phi) is 3.64. The van der Waals surface area contributed by atoms with E-state index in [-0.39, 0.29) is 16.8 Å². The normalized spacial score (nSPS) is 12.3. The van der Waals surface area contributed by atoms with Crippen molar-refractivity contribution in [1.29, 1.82) is 5.26 Å². The summed E-state index contributed by atoms with van der Waals surface area (Å²) in [7, 11) is 0. The van der Waals surface area contributed by atoms with Gasteiger partial charge in [-0.2, -0.15) is 5.26 Å². The van der Waals surface area contributed by atoms with Crippen molar-refractivity contribution in [3.05, 3.63) is 22.0 Å². The van der Waals surface area contributed by atoms with Crippen molar-refractivity contribution in [2.24, 2.45) is 0 Å². The SMILES string of the molecule is CC(=O)C(C)Sc1sc2c(O)cc(=O)[nH]c2c1C#N. The highest BCUT2D eigenvalue weighted by Gasteiger charge is 2.19. The van der Waals surface area contributed by atoms with Crippen LogP contribution in [0.25, 0.3) is 10.2 Å². The van der Waals surface area contributed by atoms with Crippen LogP contribution in [0.15, 0.2) is 15.1 Å². The monoisotopic (exact) mass is 294 g/mol. The van der Waals surface area contributed by atoms with Crippen LogP contribution < -0.4 is 5.56 Å². The number of aromatic nitrogens is 1. The summed E-state index contributed by atoms with van der Waals surface area (Å²) in [6.45, 7) is 3.23. The van der Waals surface area contributed by atoms with Gasteiger partial charge < -0.3 is 10.1 Å². The van der Waals surface area contributed by atoms with Gasteiger partial charge in [0, 0.05) is 6.07 Å². The highest BCUT2D eigenvalue weighted by atomic mass is 32.2. The minimum Gasteiger partial charge on any atom is -0.506 e. The Balaban J connectivity index is 2.63. The summed E-state index contributed by atoms with van der Waals surface area (Å²) in [4.78, 5) is 25.2. The molecule has 0 amide bonds. The largest absolute Gasteiger partial charge is 0.506 e. The lowest BCUT2D eigenvalue weighted by Gasteiger charge is -2.04. The number of H-pyrrole nitrogens is 1. The molecule has 2 heterocycles. The Bertz CT molecular complexity index is 755. The average molecular weight is 294 g/mol. The third-order valence-electron chi connectivity index (χ3n) is 2.59. The highest BCUT2D eigenvalue weighted by Crippen LogP contribution is 2.41. The number of aromatic hydroxyl groups is 1. The maximum absolute atomic E-state index is 11.3. The number of carbonyl (C=O) groups excluding carboxylic acids is 1. The van der Waals surface area contributed by atoms with Crippen molar-refractivity contribution in [3.8, 4) is 11.8 Å². The van der Waals surface area contributed by atoms with E-state index in [1.165, 1.54) is 30.0 Å². The van der Waals surface area contributed by atoms with Crippen molar-refractivity contribution in [2.45, 2.75) is 23.3 Å². The second-order valence-electron chi connectivity index (χ2n) is 3.97. The number of nitrogens with one attached hydrogen (secondary N) is 1. The number of Topliss-reactive ketones (excluding diaryl/α,β-unsaturated/α-hetero) is 1. The number of fused-ring (bicyclic) bond motifs is 1. The fourth-order valence-corrected chi connectivity index (χ4v) is 3.97. The van der Waals surface area contributed by atoms with Crippen LogP contribution in [0.3, 0.4) is 0 Å². The molecule has 5 nitrogen and oxygen atoms in total. The maximum atomic E-state index is 11.3. The Morgan fingerprint density at radius 1 is 1.63 bits per heavy atom. The lowest BCUT2D eigenvalue weighted by molar-refractivity contribution is -0.116. The standard InChI is InChI=1S/C12H10N2O3S2/c1-5(15)6(2)18-12-7(4-13)10-11(19-12)8(16)3-9(17)14-10/h3,6H,1-2H3,(H2,14,16,17). The van der Waals surface area contributed by atoms with Crippen molar-refractivity contribution < 1.29 is 9.90 Å². The molecule has 2 rings (SSSR count). The first kappa shape index (κ1) is 13.6. The van der Waals surface area contributed by atoms with E-state index in [2.05, 4.69) is 4.98 Å². The smallest absolute Gasteiger partial charge is 0.252 e. The zero-order chi connectivity index (χ0) is 14.2. The topological polar surface area (TPSA) is 93.9 Å². The molecule has 0 bridgehead atoms. The van der Waals surface area contributed by atoms with Gasteiger partial charge in [0.25, 0.3) is 5.56 Å². The molecule has 2 aromatic heterocycles. The van der Waals surface area contributed by atoms with Gasteiger partial charge in [0.2, 0.25) is 0 Å². The van der Waals surface area contributed by atoms with Crippen LogP contribution >= 0.6 is 23.1 Å². The van der Waals surface area contributed by atoms with Crippen LogP contribution in [-0.4, -0.2) is 21.1 Å². The lowest BCUT2D eigenvalue weighted by atomic mass is 10.3. The summed E-state index contributed by atoms with van der Waals surface area (Å²) in [6, 6.07) is 3.09. The van der Waals surface area contributed by atoms with Gasteiger partial charge in [0.05, 0.1) is 19.7 Å². The zero-order valence-electron chi connectivity index (χ0n) is 10.2. The van der Waals surface area contributed by atoms with Crippen molar-refractivity contribution >= 4 is 39.1 Å². The van der Waals surface area contributed by atoms with Gasteiger partial charge in [-0.25, -0.2) is 0 Å². The molecule has 1 unspecified atom stereocenters. The van der Waals surface area contributed by atoms with Crippen LogP contribution in [0.2, 0.25) is 0 Å². The molecule has 0 radical (unpaired) electrons. The quantitative estimate of drug-likeness (QED) is 0.847. The number of ketones is 1. The number of rotatable bonds is 3. The lowest BCUT2D eigenvalue weighted by Crippen LogP contribution is -2.07. The van der Waals surface area contributed by atoms with Gasteiger partial charge in [0.15, 0.2) is 0 Å². The van der Waals surface area contributed by atoms with E-state index in [0.29, 0.717) is 20.0 Å². The zero-order valence-corrected chi connectivity index (χ0v) is 11.8. The van der Waals surface area contributed by atoms with E-state index >= 15 is 0 Å². The Morgan fingerprint density at radius 2 is 2.32 bits per heavy atom. The molecule has 7 heteroatoms. The molecule has 0 fully saturated rings. The molecular formula is C12H10N2O3S2. The Morgan fingerprint density at radius 3 is 2.89 bits per heavy atom. The molecule has 0 saturated carbocycles. The molecule has 98 valence electrons. The minimum absolute atomic E-state index is 0.00376. The number of pyridine rings is 1. The van der Waals surface area contributed by atoms with Gasteiger partial charge in [-0.15, -0.1) is 23.1 Å². The van der Waals surface area contributed by atoms with E-state index in [9.17, 15) is 20.0 Å². The van der Waals surface area contributed by atoms with Crippen LogP contribution in [0.4, 0.5) is 0 Å². The van der Waals surface area contributed by atoms with Crippen molar-refractivity contribution in [1.82, 2.24) is 4.98 Å². The molecule has 0 spiro atoms. The number of hydrogen-bond acceptors (Lipinski definition) is 6. The summed E-state index contributed by atoms with van der Waals surface area (Å²) >= 11 is 2.45. The van der Waals surface area contributed by atoms with Gasteiger partial charge >= 0.3 is 0 Å². The van der Waals surface area contributed by atoms with Gasteiger partial charge in [-0.05, 0) is 13.8 Å². The molecule has 0 aliphatic carbocycles. The molecule has 2 aromatic rings. The minimum atomic E-state index is -0.463. The Labute approximate surface area is 116 Å². The fourth-order valence-electron chi connectivity index (χ4n) is 1.49. The van der Waals surface area contributed by atoms with E-state index in [1.54, 1.807) is 6.92 Å². The second-order valence-corrected chi connectivity index (χ2v) is 6.60. The van der Waals surface area contributed by atoms with Crippen LogP contribution in [0.5, 0.6) is 5.75 Å². The first-order valence-corrected chi connectivity index (χ1v) is 7.09. The third kappa shape index (κ3) is 2.50. The number of aromatic amines is 1. The first-order valence-electron chi connectivity index (χ1n) is 5.40. The molecule has 0 aliphatic rings. The van der Waals surface area contributed by atoms with E-state index in [1.807, 2.05) is 6.07 Å². The van der Waals surface area contributed by atoms with Crippen molar-refractivity contribution in [2.75, 3.05) is 0 Å². The Hall–Kier alpha value is -1.78. The second kappa shape index (κ2) is 5.07. The molecule has 0 aromatic carbocycles. The number of nitriles is 1. The summed E-state index contributed by atoms with van der Waals surface area (Å²) in [5.41, 5.74) is 0.164. The predicted octanol–water partition coefficient (Wildman–Crippen LogP) is 2.24. The fraction of sp³-hybridized carbons (Fsp3) is 0.250. The summed E-state index contributed by atoms with van der Waals surface area (Å²) in [6.07, 6.45) is 0. The molecule has 19 heavy (non-hydrogen) atoms. The average Bonchev–Trinajstić information content (AvgIpc) is 2.66.